The van der Waals surface area contributed by atoms with E-state index in [1.165, 1.54) is 42.6 Å². The Kier molecular flexibility index (Phi) is 5.48. The summed E-state index contributed by atoms with van der Waals surface area (Å²) in [4.78, 5) is 2.40. The molecule has 1 heterocycles. The summed E-state index contributed by atoms with van der Waals surface area (Å²) in [5.74, 6) is 1.68. The van der Waals surface area contributed by atoms with Gasteiger partial charge in [0.25, 0.3) is 0 Å². The third kappa shape index (κ3) is 4.43. The lowest BCUT2D eigenvalue weighted by atomic mass is 9.78. The Morgan fingerprint density at radius 1 is 0.920 bits per heavy atom. The molecule has 3 rings (SSSR count). The van der Waals surface area contributed by atoms with E-state index < -0.39 is 0 Å². The van der Waals surface area contributed by atoms with Crippen LogP contribution in [0.1, 0.15) is 43.4 Å². The van der Waals surface area contributed by atoms with Crippen LogP contribution in [0.5, 0.6) is 5.75 Å². The molecule has 1 aliphatic heterocycles. The first-order valence-electron chi connectivity index (χ1n) is 9.44. The highest BCUT2D eigenvalue weighted by Crippen LogP contribution is 2.32. The van der Waals surface area contributed by atoms with Gasteiger partial charge in [-0.15, -0.1) is 0 Å². The molecular formula is C23H31NO. The number of aryl methyl sites for hydroxylation is 1. The minimum absolute atomic E-state index is 0.000183. The van der Waals surface area contributed by atoms with Crippen LogP contribution in [0.2, 0.25) is 0 Å². The monoisotopic (exact) mass is 337 g/mol. The summed E-state index contributed by atoms with van der Waals surface area (Å²) in [6, 6.07) is 17.5. The van der Waals surface area contributed by atoms with E-state index in [2.05, 4.69) is 81.2 Å². The molecule has 0 aromatic heterocycles. The van der Waals surface area contributed by atoms with Gasteiger partial charge in [-0.3, -0.25) is 0 Å². The minimum Gasteiger partial charge on any atom is -0.493 e. The summed E-state index contributed by atoms with van der Waals surface area (Å²) in [6.45, 7) is 9.93. The zero-order valence-electron chi connectivity index (χ0n) is 16.1. The van der Waals surface area contributed by atoms with E-state index in [0.29, 0.717) is 5.92 Å². The summed E-state index contributed by atoms with van der Waals surface area (Å²) in [7, 11) is 2.20. The minimum atomic E-state index is 0.000183. The van der Waals surface area contributed by atoms with Gasteiger partial charge < -0.3 is 9.64 Å². The van der Waals surface area contributed by atoms with Crippen molar-refractivity contribution in [1.82, 2.24) is 4.90 Å². The predicted octanol–water partition coefficient (Wildman–Crippen LogP) is 5.04. The fraction of sp³-hybridized carbons (Fsp3) is 0.478. The second-order valence-corrected chi connectivity index (χ2v) is 8.07. The zero-order chi connectivity index (χ0) is 17.9. The summed E-state index contributed by atoms with van der Waals surface area (Å²) in [6.07, 6.45) is 2.49. The van der Waals surface area contributed by atoms with Gasteiger partial charge >= 0.3 is 0 Å². The molecule has 0 spiro atoms. The molecule has 1 aliphatic rings. The van der Waals surface area contributed by atoms with Crippen LogP contribution in [0, 0.1) is 12.8 Å². The standard InChI is InChI=1S/C23H31NO/c1-18-5-7-20(8-6-18)23(2,3)21-9-11-22(12-10-21)25-17-19-13-15-24(4)16-14-19/h5-12,19H,13-17H2,1-4H3. The van der Waals surface area contributed by atoms with Crippen LogP contribution >= 0.6 is 0 Å². The van der Waals surface area contributed by atoms with Crippen molar-refractivity contribution in [2.24, 2.45) is 5.92 Å². The van der Waals surface area contributed by atoms with Crippen molar-refractivity contribution in [2.45, 2.75) is 39.0 Å². The zero-order valence-corrected chi connectivity index (χ0v) is 16.1. The fourth-order valence-electron chi connectivity index (χ4n) is 3.55. The number of benzene rings is 2. The van der Waals surface area contributed by atoms with Gasteiger partial charge in [0.2, 0.25) is 0 Å². The number of ether oxygens (including phenoxy) is 1. The molecule has 1 fully saturated rings. The molecule has 2 heteroatoms. The first-order valence-corrected chi connectivity index (χ1v) is 9.44. The number of hydrogen-bond donors (Lipinski definition) is 0. The SMILES string of the molecule is Cc1ccc(C(C)(C)c2ccc(OCC3CCN(C)CC3)cc2)cc1. The summed E-state index contributed by atoms with van der Waals surface area (Å²) in [5, 5.41) is 0. The van der Waals surface area contributed by atoms with Gasteiger partial charge in [-0.1, -0.05) is 55.8 Å². The van der Waals surface area contributed by atoms with Gasteiger partial charge in [0, 0.05) is 5.41 Å². The lowest BCUT2D eigenvalue weighted by Crippen LogP contribution is -2.32. The van der Waals surface area contributed by atoms with Crippen molar-refractivity contribution in [3.63, 3.8) is 0 Å². The van der Waals surface area contributed by atoms with Crippen molar-refractivity contribution in [3.05, 3.63) is 65.2 Å². The number of hydrogen-bond acceptors (Lipinski definition) is 2. The van der Waals surface area contributed by atoms with E-state index in [1.54, 1.807) is 0 Å². The molecule has 0 unspecified atom stereocenters. The maximum Gasteiger partial charge on any atom is 0.119 e. The lowest BCUT2D eigenvalue weighted by molar-refractivity contribution is 0.160. The highest BCUT2D eigenvalue weighted by Gasteiger charge is 2.23. The molecule has 25 heavy (non-hydrogen) atoms. The van der Waals surface area contributed by atoms with Crippen LogP contribution in [-0.4, -0.2) is 31.6 Å². The maximum atomic E-state index is 6.05. The number of likely N-dealkylation sites (tertiary alicyclic amines) is 1. The fourth-order valence-corrected chi connectivity index (χ4v) is 3.55. The number of piperidine rings is 1. The normalized spacial score (nSPS) is 16.8. The first-order chi connectivity index (χ1) is 11.9. The van der Waals surface area contributed by atoms with Crippen LogP contribution in [-0.2, 0) is 5.41 Å². The van der Waals surface area contributed by atoms with E-state index in [0.717, 1.165) is 12.4 Å². The molecule has 1 saturated heterocycles. The third-order valence-electron chi connectivity index (χ3n) is 5.67. The van der Waals surface area contributed by atoms with E-state index in [4.69, 9.17) is 4.74 Å². The molecule has 2 aromatic carbocycles. The van der Waals surface area contributed by atoms with Crippen molar-refractivity contribution < 1.29 is 4.74 Å². The first kappa shape index (κ1) is 18.0. The Morgan fingerprint density at radius 2 is 1.44 bits per heavy atom. The molecule has 134 valence electrons. The lowest BCUT2D eigenvalue weighted by Gasteiger charge is -2.29. The maximum absolute atomic E-state index is 6.05. The van der Waals surface area contributed by atoms with Crippen LogP contribution in [0.25, 0.3) is 0 Å². The third-order valence-corrected chi connectivity index (χ3v) is 5.67. The molecule has 0 atom stereocenters. The van der Waals surface area contributed by atoms with Crippen LogP contribution in [0.3, 0.4) is 0 Å². The Labute approximate surface area is 152 Å². The van der Waals surface area contributed by atoms with E-state index >= 15 is 0 Å². The average molecular weight is 338 g/mol. The highest BCUT2D eigenvalue weighted by atomic mass is 16.5. The van der Waals surface area contributed by atoms with Crippen molar-refractivity contribution in [1.29, 1.82) is 0 Å². The van der Waals surface area contributed by atoms with Gasteiger partial charge in [0.1, 0.15) is 5.75 Å². The van der Waals surface area contributed by atoms with Gasteiger partial charge in [0.15, 0.2) is 0 Å². The quantitative estimate of drug-likeness (QED) is 0.758. The summed E-state index contributed by atoms with van der Waals surface area (Å²) in [5.41, 5.74) is 3.97. The second kappa shape index (κ2) is 7.61. The van der Waals surface area contributed by atoms with E-state index in [-0.39, 0.29) is 5.41 Å². The van der Waals surface area contributed by atoms with E-state index in [1.807, 2.05) is 0 Å². The Morgan fingerprint density at radius 3 is 2.00 bits per heavy atom. The topological polar surface area (TPSA) is 12.5 Å². The molecule has 0 radical (unpaired) electrons. The Bertz CT molecular complexity index is 664. The summed E-state index contributed by atoms with van der Waals surface area (Å²) >= 11 is 0. The molecule has 0 amide bonds. The van der Waals surface area contributed by atoms with Gasteiger partial charge in [-0.2, -0.15) is 0 Å². The predicted molar refractivity (Wildman–Crippen MR) is 105 cm³/mol. The smallest absolute Gasteiger partial charge is 0.119 e. The van der Waals surface area contributed by atoms with Crippen molar-refractivity contribution in [3.8, 4) is 5.75 Å². The molecule has 2 aromatic rings. The number of rotatable bonds is 5. The second-order valence-electron chi connectivity index (χ2n) is 8.07. The van der Waals surface area contributed by atoms with Crippen molar-refractivity contribution >= 4 is 0 Å². The van der Waals surface area contributed by atoms with Gasteiger partial charge in [-0.05, 0) is 69.1 Å². The molecule has 0 bridgehead atoms. The Hall–Kier alpha value is -1.80. The molecular weight excluding hydrogens is 306 g/mol. The summed E-state index contributed by atoms with van der Waals surface area (Å²) < 4.78 is 6.05. The van der Waals surface area contributed by atoms with Crippen molar-refractivity contribution in [2.75, 3.05) is 26.7 Å². The van der Waals surface area contributed by atoms with E-state index in [9.17, 15) is 0 Å². The largest absolute Gasteiger partial charge is 0.493 e. The van der Waals surface area contributed by atoms with Gasteiger partial charge in [0.05, 0.1) is 6.61 Å². The van der Waals surface area contributed by atoms with Gasteiger partial charge in [-0.25, -0.2) is 0 Å². The average Bonchev–Trinajstić information content (AvgIpc) is 2.62. The Balaban J connectivity index is 1.62. The highest BCUT2D eigenvalue weighted by molar-refractivity contribution is 5.40. The molecule has 2 nitrogen and oxygen atoms in total. The number of nitrogens with zero attached hydrogens (tertiary/aromatic N) is 1. The van der Waals surface area contributed by atoms with Crippen LogP contribution in [0.4, 0.5) is 0 Å². The molecule has 0 aliphatic carbocycles. The van der Waals surface area contributed by atoms with Crippen LogP contribution in [0.15, 0.2) is 48.5 Å². The molecule has 0 saturated carbocycles. The molecule has 0 N–H and O–H groups in total. The van der Waals surface area contributed by atoms with Crippen LogP contribution < -0.4 is 4.74 Å².